The van der Waals surface area contributed by atoms with Gasteiger partial charge in [0, 0.05) is 25.8 Å². The van der Waals surface area contributed by atoms with E-state index in [9.17, 15) is 4.79 Å². The average Bonchev–Trinajstić information content (AvgIpc) is 3.41. The fourth-order valence-electron chi connectivity index (χ4n) is 3.19. The highest BCUT2D eigenvalue weighted by Gasteiger charge is 2.39. The number of nitrogens with one attached hydrogen (secondary N) is 1. The number of aromatic nitrogens is 4. The molecule has 1 aromatic carbocycles. The summed E-state index contributed by atoms with van der Waals surface area (Å²) in [6, 6.07) is 9.51. The minimum atomic E-state index is -0.204. The van der Waals surface area contributed by atoms with Gasteiger partial charge in [0.2, 0.25) is 5.76 Å². The van der Waals surface area contributed by atoms with Gasteiger partial charge in [0.15, 0.2) is 6.39 Å². The van der Waals surface area contributed by atoms with Crippen LogP contribution in [0, 0.1) is 0 Å². The number of carbonyl (C=O) groups excluding carboxylic acids is 1. The minimum absolute atomic E-state index is 0.0317. The van der Waals surface area contributed by atoms with E-state index >= 15 is 0 Å². The Morgan fingerprint density at radius 2 is 2.16 bits per heavy atom. The van der Waals surface area contributed by atoms with Crippen molar-refractivity contribution >= 4 is 5.91 Å². The van der Waals surface area contributed by atoms with Crippen molar-refractivity contribution in [3.63, 3.8) is 0 Å². The largest absolute Gasteiger partial charge is 0.438 e. The van der Waals surface area contributed by atoms with E-state index in [1.165, 1.54) is 6.39 Å². The number of amides is 1. The first-order valence-corrected chi connectivity index (χ1v) is 7.94. The second-order valence-electron chi connectivity index (χ2n) is 5.88. The maximum absolute atomic E-state index is 13.0. The molecule has 1 aliphatic heterocycles. The molecule has 2 aromatic heterocycles. The Balaban J connectivity index is 1.59. The Morgan fingerprint density at radius 1 is 1.32 bits per heavy atom. The summed E-state index contributed by atoms with van der Waals surface area (Å²) in [5, 5.41) is 10.6. The molecule has 1 fully saturated rings. The highest BCUT2D eigenvalue weighted by atomic mass is 16.5. The summed E-state index contributed by atoms with van der Waals surface area (Å²) >= 11 is 0. The number of hydrogen-bond donors (Lipinski definition) is 1. The van der Waals surface area contributed by atoms with Crippen molar-refractivity contribution in [3.8, 4) is 11.3 Å². The van der Waals surface area contributed by atoms with Gasteiger partial charge in [-0.15, -0.1) is 0 Å². The van der Waals surface area contributed by atoms with Crippen molar-refractivity contribution in [2.75, 3.05) is 20.2 Å². The van der Waals surface area contributed by atoms with Crippen LogP contribution in [0.5, 0.6) is 0 Å². The Morgan fingerprint density at radius 3 is 2.88 bits per heavy atom. The molecule has 0 spiro atoms. The zero-order valence-electron chi connectivity index (χ0n) is 13.6. The van der Waals surface area contributed by atoms with E-state index in [-0.39, 0.29) is 23.7 Å². The number of likely N-dealkylation sites (tertiary alicyclic amines) is 1. The third-order valence-electron chi connectivity index (χ3n) is 4.48. The monoisotopic (exact) mass is 339 g/mol. The molecule has 1 aliphatic rings. The van der Waals surface area contributed by atoms with E-state index in [0.29, 0.717) is 18.8 Å². The van der Waals surface area contributed by atoms with Gasteiger partial charge in [-0.3, -0.25) is 4.79 Å². The van der Waals surface area contributed by atoms with E-state index in [1.807, 2.05) is 30.3 Å². The molecule has 1 amide bonds. The van der Waals surface area contributed by atoms with Crippen LogP contribution in [0.4, 0.5) is 0 Å². The minimum Gasteiger partial charge on any atom is -0.438 e. The molecule has 128 valence electrons. The first kappa shape index (κ1) is 15.5. The Hall–Kier alpha value is -3.00. The predicted octanol–water partition coefficient (Wildman–Crippen LogP) is 1.71. The maximum Gasteiger partial charge on any atom is 0.292 e. The topological polar surface area (TPSA) is 97.1 Å². The van der Waals surface area contributed by atoms with Crippen molar-refractivity contribution in [1.29, 1.82) is 0 Å². The van der Waals surface area contributed by atoms with Gasteiger partial charge in [0.05, 0.1) is 23.9 Å². The summed E-state index contributed by atoms with van der Waals surface area (Å²) in [5.41, 5.74) is 2.17. The smallest absolute Gasteiger partial charge is 0.292 e. The van der Waals surface area contributed by atoms with Gasteiger partial charge in [-0.1, -0.05) is 30.3 Å². The molecule has 8 heteroatoms. The van der Waals surface area contributed by atoms with E-state index in [4.69, 9.17) is 9.15 Å². The highest BCUT2D eigenvalue weighted by Crippen LogP contribution is 2.30. The molecule has 0 saturated carbocycles. The first-order chi connectivity index (χ1) is 12.3. The summed E-state index contributed by atoms with van der Waals surface area (Å²) in [5.74, 6) is 0.00190. The van der Waals surface area contributed by atoms with Crippen molar-refractivity contribution in [3.05, 3.63) is 54.4 Å². The van der Waals surface area contributed by atoms with Gasteiger partial charge in [-0.05, 0) is 0 Å². The molecular weight excluding hydrogens is 322 g/mol. The van der Waals surface area contributed by atoms with Crippen molar-refractivity contribution in [2.45, 2.75) is 12.0 Å². The SMILES string of the molecule is CO[C@@H]1CN(C(=O)c2ocnc2-c2ccccc2)C[C@H]1c1cn[nH]n1. The lowest BCUT2D eigenvalue weighted by Crippen LogP contribution is -2.30. The van der Waals surface area contributed by atoms with Crippen molar-refractivity contribution in [2.24, 2.45) is 0 Å². The quantitative estimate of drug-likeness (QED) is 0.777. The van der Waals surface area contributed by atoms with E-state index < -0.39 is 0 Å². The molecule has 3 aromatic rings. The van der Waals surface area contributed by atoms with Crippen LogP contribution in [0.15, 0.2) is 47.3 Å². The molecule has 8 nitrogen and oxygen atoms in total. The van der Waals surface area contributed by atoms with Crippen LogP contribution in [0.2, 0.25) is 0 Å². The number of methoxy groups -OCH3 is 1. The molecule has 0 aliphatic carbocycles. The fraction of sp³-hybridized carbons (Fsp3) is 0.294. The number of H-pyrrole nitrogens is 1. The number of carbonyl (C=O) groups is 1. The summed E-state index contributed by atoms with van der Waals surface area (Å²) in [6.45, 7) is 0.945. The molecule has 25 heavy (non-hydrogen) atoms. The maximum atomic E-state index is 13.0. The van der Waals surface area contributed by atoms with Crippen LogP contribution in [-0.2, 0) is 4.74 Å². The summed E-state index contributed by atoms with van der Waals surface area (Å²) in [6.07, 6.45) is 2.82. The lowest BCUT2D eigenvalue weighted by molar-refractivity contribution is 0.0688. The van der Waals surface area contributed by atoms with E-state index in [1.54, 1.807) is 18.2 Å². The molecule has 3 heterocycles. The number of nitrogens with zero attached hydrogens (tertiary/aromatic N) is 4. The third-order valence-corrected chi connectivity index (χ3v) is 4.48. The molecule has 1 N–H and O–H groups in total. The second kappa shape index (κ2) is 6.48. The van der Waals surface area contributed by atoms with Crippen LogP contribution in [0.3, 0.4) is 0 Å². The van der Waals surface area contributed by atoms with E-state index in [2.05, 4.69) is 20.4 Å². The lowest BCUT2D eigenvalue weighted by atomic mass is 10.0. The number of benzene rings is 1. The van der Waals surface area contributed by atoms with Crippen molar-refractivity contribution < 1.29 is 13.9 Å². The highest BCUT2D eigenvalue weighted by molar-refractivity contribution is 5.97. The molecule has 1 saturated heterocycles. The van der Waals surface area contributed by atoms with Crippen LogP contribution >= 0.6 is 0 Å². The fourth-order valence-corrected chi connectivity index (χ4v) is 3.19. The summed E-state index contributed by atoms with van der Waals surface area (Å²) in [7, 11) is 1.63. The standard InChI is InChI=1S/C17H17N5O3/c1-24-14-9-22(8-12(14)13-7-19-21-20-13)17(23)16-15(18-10-25-16)11-5-3-2-4-6-11/h2-7,10,12,14H,8-9H2,1H3,(H,19,20,21)/t12-,14+/m0/s1. The molecular formula is C17H17N5O3. The van der Waals surface area contributed by atoms with Gasteiger partial charge >= 0.3 is 0 Å². The zero-order valence-corrected chi connectivity index (χ0v) is 13.6. The van der Waals surface area contributed by atoms with Gasteiger partial charge < -0.3 is 14.1 Å². The first-order valence-electron chi connectivity index (χ1n) is 7.94. The molecule has 0 radical (unpaired) electrons. The molecule has 0 bridgehead atoms. The number of aromatic amines is 1. The zero-order chi connectivity index (χ0) is 17.2. The predicted molar refractivity (Wildman–Crippen MR) is 87.8 cm³/mol. The second-order valence-corrected chi connectivity index (χ2v) is 5.88. The van der Waals surface area contributed by atoms with Crippen LogP contribution in [0.25, 0.3) is 11.3 Å². The van der Waals surface area contributed by atoms with Gasteiger partial charge in [-0.25, -0.2) is 4.98 Å². The Labute approximate surface area is 143 Å². The molecule has 4 rings (SSSR count). The molecule has 2 atom stereocenters. The summed E-state index contributed by atoms with van der Waals surface area (Å²) < 4.78 is 10.9. The number of hydrogen-bond acceptors (Lipinski definition) is 6. The van der Waals surface area contributed by atoms with Crippen LogP contribution in [0.1, 0.15) is 22.2 Å². The van der Waals surface area contributed by atoms with Gasteiger partial charge in [0.1, 0.15) is 5.69 Å². The lowest BCUT2D eigenvalue weighted by Gasteiger charge is -2.14. The Bertz CT molecular complexity index is 846. The van der Waals surface area contributed by atoms with Gasteiger partial charge in [-0.2, -0.15) is 15.4 Å². The van der Waals surface area contributed by atoms with Crippen LogP contribution in [-0.4, -0.2) is 57.5 Å². The summed E-state index contributed by atoms with van der Waals surface area (Å²) in [4.78, 5) is 18.9. The Kier molecular flexibility index (Phi) is 4.02. The number of oxazole rings is 1. The van der Waals surface area contributed by atoms with E-state index in [0.717, 1.165) is 11.3 Å². The van der Waals surface area contributed by atoms with Crippen molar-refractivity contribution in [1.82, 2.24) is 25.3 Å². The number of rotatable bonds is 4. The third kappa shape index (κ3) is 2.80. The van der Waals surface area contributed by atoms with Crippen LogP contribution < -0.4 is 0 Å². The number of ether oxygens (including phenoxy) is 1. The molecule has 0 unspecified atom stereocenters. The average molecular weight is 339 g/mol. The van der Waals surface area contributed by atoms with Gasteiger partial charge in [0.25, 0.3) is 5.91 Å². The normalized spacial score (nSPS) is 20.1.